The van der Waals surface area contributed by atoms with Gasteiger partial charge in [0.25, 0.3) is 0 Å². The summed E-state index contributed by atoms with van der Waals surface area (Å²) < 4.78 is 27.5. The molecule has 0 aromatic heterocycles. The summed E-state index contributed by atoms with van der Waals surface area (Å²) in [5.74, 6) is -0.138. The highest BCUT2D eigenvalue weighted by Gasteiger charge is 2.24. The third-order valence-corrected chi connectivity index (χ3v) is 4.65. The molecule has 0 heterocycles. The Morgan fingerprint density at radius 2 is 1.86 bits per heavy atom. The Morgan fingerprint density at radius 3 is 2.45 bits per heavy atom. The number of rotatable bonds is 7. The molecule has 4 N–H and O–H groups in total. The van der Waals surface area contributed by atoms with E-state index in [1.54, 1.807) is 39.0 Å². The molecule has 0 aliphatic rings. The zero-order chi connectivity index (χ0) is 16.8. The van der Waals surface area contributed by atoms with Gasteiger partial charge in [0.15, 0.2) is 0 Å². The molecule has 0 bridgehead atoms. The largest absolute Gasteiger partial charge is 0.352 e. The molecule has 1 amide bonds. The lowest BCUT2D eigenvalue weighted by Gasteiger charge is -2.21. The van der Waals surface area contributed by atoms with Crippen molar-refractivity contribution in [3.63, 3.8) is 0 Å². The lowest BCUT2D eigenvalue weighted by Crippen LogP contribution is -2.41. The van der Waals surface area contributed by atoms with E-state index >= 15 is 0 Å². The molecule has 124 valence electrons. The molecule has 1 aromatic rings. The van der Waals surface area contributed by atoms with E-state index in [0.29, 0.717) is 24.9 Å². The molecule has 0 spiro atoms. The minimum atomic E-state index is -3.63. The summed E-state index contributed by atoms with van der Waals surface area (Å²) in [7, 11) is -3.63. The number of nitrogens with two attached hydrogens (primary N) is 1. The number of sulfonamides is 1. The highest BCUT2D eigenvalue weighted by molar-refractivity contribution is 7.89. The Kier molecular flexibility index (Phi) is 6.52. The van der Waals surface area contributed by atoms with E-state index in [9.17, 15) is 13.2 Å². The monoisotopic (exact) mass is 327 g/mol. The van der Waals surface area contributed by atoms with Gasteiger partial charge in [-0.15, -0.1) is 0 Å². The average Bonchev–Trinajstić information content (AvgIpc) is 2.40. The van der Waals surface area contributed by atoms with Gasteiger partial charge in [-0.2, -0.15) is 0 Å². The number of hydrogen-bond acceptors (Lipinski definition) is 4. The third kappa shape index (κ3) is 6.13. The highest BCUT2D eigenvalue weighted by Crippen LogP contribution is 2.17. The van der Waals surface area contributed by atoms with Gasteiger partial charge in [0.2, 0.25) is 15.9 Å². The number of carbonyl (C=O) groups is 1. The molecule has 1 rings (SSSR count). The second kappa shape index (κ2) is 7.71. The third-order valence-electron chi connectivity index (χ3n) is 2.79. The molecule has 22 heavy (non-hydrogen) atoms. The van der Waals surface area contributed by atoms with E-state index in [2.05, 4.69) is 10.0 Å². The smallest absolute Gasteiger partial charge is 0.241 e. The van der Waals surface area contributed by atoms with Crippen LogP contribution in [0.1, 0.15) is 39.2 Å². The SMILES string of the molecule is CC(C)(C)NS(=O)(=O)c1ccccc1CNC(=O)CCCN. The standard InChI is InChI=1S/C15H25N3O3S/c1-15(2,3)18-22(20,21)13-8-5-4-7-12(13)11-17-14(19)9-6-10-16/h4-5,7-8,18H,6,9-11,16H2,1-3H3,(H,17,19). The van der Waals surface area contributed by atoms with Gasteiger partial charge in [0.05, 0.1) is 4.90 Å². The number of benzene rings is 1. The molecule has 6 nitrogen and oxygen atoms in total. The topological polar surface area (TPSA) is 101 Å². The second-order valence-electron chi connectivity index (χ2n) is 6.13. The number of amides is 1. The van der Waals surface area contributed by atoms with E-state index in [-0.39, 0.29) is 17.3 Å². The lowest BCUT2D eigenvalue weighted by atomic mass is 10.1. The van der Waals surface area contributed by atoms with E-state index < -0.39 is 15.6 Å². The summed E-state index contributed by atoms with van der Waals surface area (Å²) in [6, 6.07) is 6.64. The van der Waals surface area contributed by atoms with E-state index in [4.69, 9.17) is 5.73 Å². The molecular formula is C15H25N3O3S. The van der Waals surface area contributed by atoms with Gasteiger partial charge < -0.3 is 11.1 Å². The molecule has 0 fully saturated rings. The Labute approximate surface area is 132 Å². The van der Waals surface area contributed by atoms with Crippen LogP contribution in [0.25, 0.3) is 0 Å². The van der Waals surface area contributed by atoms with Crippen LogP contribution in [0, 0.1) is 0 Å². The number of nitrogens with one attached hydrogen (secondary N) is 2. The maximum atomic E-state index is 12.4. The van der Waals surface area contributed by atoms with Gasteiger partial charge in [-0.25, -0.2) is 13.1 Å². The van der Waals surface area contributed by atoms with Crippen molar-refractivity contribution in [2.75, 3.05) is 6.54 Å². The minimum Gasteiger partial charge on any atom is -0.352 e. The molecule has 0 unspecified atom stereocenters. The van der Waals surface area contributed by atoms with Crippen molar-refractivity contribution in [2.45, 2.75) is 50.6 Å². The first-order chi connectivity index (χ1) is 10.2. The van der Waals surface area contributed by atoms with Crippen LogP contribution in [-0.4, -0.2) is 26.4 Å². The normalized spacial score (nSPS) is 12.2. The summed E-state index contributed by atoms with van der Waals surface area (Å²) in [4.78, 5) is 11.8. The average molecular weight is 327 g/mol. The maximum absolute atomic E-state index is 12.4. The van der Waals surface area contributed by atoms with E-state index in [0.717, 1.165) is 0 Å². The summed E-state index contributed by atoms with van der Waals surface area (Å²) in [5, 5.41) is 2.72. The molecule has 0 radical (unpaired) electrons. The van der Waals surface area contributed by atoms with Gasteiger partial charge in [-0.3, -0.25) is 4.79 Å². The van der Waals surface area contributed by atoms with Crippen LogP contribution in [0.4, 0.5) is 0 Å². The molecule has 0 saturated carbocycles. The van der Waals surface area contributed by atoms with Crippen molar-refractivity contribution in [2.24, 2.45) is 5.73 Å². The number of carbonyl (C=O) groups excluding carboxylic acids is 1. The summed E-state index contributed by atoms with van der Waals surface area (Å²) in [6.45, 7) is 5.96. The Hall–Kier alpha value is -1.44. The fraction of sp³-hybridized carbons (Fsp3) is 0.533. The predicted octanol–water partition coefficient (Wildman–Crippen LogP) is 1.12. The van der Waals surface area contributed by atoms with Crippen molar-refractivity contribution in [1.29, 1.82) is 0 Å². The van der Waals surface area contributed by atoms with Gasteiger partial charge in [0.1, 0.15) is 0 Å². The lowest BCUT2D eigenvalue weighted by molar-refractivity contribution is -0.121. The first-order valence-electron chi connectivity index (χ1n) is 7.24. The van der Waals surface area contributed by atoms with Crippen LogP contribution in [0.2, 0.25) is 0 Å². The summed E-state index contributed by atoms with van der Waals surface area (Å²) in [5.41, 5.74) is 5.34. The van der Waals surface area contributed by atoms with Crippen LogP contribution >= 0.6 is 0 Å². The zero-order valence-corrected chi connectivity index (χ0v) is 14.2. The van der Waals surface area contributed by atoms with Crippen LogP contribution in [0.5, 0.6) is 0 Å². The second-order valence-corrected chi connectivity index (χ2v) is 7.78. The molecule has 0 atom stereocenters. The van der Waals surface area contributed by atoms with Gasteiger partial charge in [-0.05, 0) is 45.4 Å². The van der Waals surface area contributed by atoms with Crippen molar-refractivity contribution >= 4 is 15.9 Å². The maximum Gasteiger partial charge on any atom is 0.241 e. The van der Waals surface area contributed by atoms with E-state index in [1.807, 2.05) is 0 Å². The van der Waals surface area contributed by atoms with Crippen LogP contribution in [0.15, 0.2) is 29.2 Å². The van der Waals surface area contributed by atoms with Crippen molar-refractivity contribution in [1.82, 2.24) is 10.0 Å². The highest BCUT2D eigenvalue weighted by atomic mass is 32.2. The van der Waals surface area contributed by atoms with Crippen molar-refractivity contribution < 1.29 is 13.2 Å². The van der Waals surface area contributed by atoms with Crippen LogP contribution in [-0.2, 0) is 21.4 Å². The molecule has 0 aliphatic carbocycles. The zero-order valence-electron chi connectivity index (χ0n) is 13.3. The molecule has 0 saturated heterocycles. The quantitative estimate of drug-likeness (QED) is 0.698. The summed E-state index contributed by atoms with van der Waals surface area (Å²) >= 11 is 0. The van der Waals surface area contributed by atoms with Crippen LogP contribution in [0.3, 0.4) is 0 Å². The van der Waals surface area contributed by atoms with Gasteiger partial charge >= 0.3 is 0 Å². The first-order valence-corrected chi connectivity index (χ1v) is 8.73. The number of hydrogen-bond donors (Lipinski definition) is 3. The van der Waals surface area contributed by atoms with Crippen LogP contribution < -0.4 is 15.8 Å². The Bertz CT molecular complexity index is 607. The molecule has 1 aromatic carbocycles. The predicted molar refractivity (Wildman–Crippen MR) is 86.7 cm³/mol. The van der Waals surface area contributed by atoms with Gasteiger partial charge in [-0.1, -0.05) is 18.2 Å². The summed E-state index contributed by atoms with van der Waals surface area (Å²) in [6.07, 6.45) is 0.947. The van der Waals surface area contributed by atoms with E-state index in [1.165, 1.54) is 6.07 Å². The minimum absolute atomic E-state index is 0.138. The molecule has 7 heteroatoms. The van der Waals surface area contributed by atoms with Crippen molar-refractivity contribution in [3.05, 3.63) is 29.8 Å². The first kappa shape index (κ1) is 18.6. The molecule has 0 aliphatic heterocycles. The van der Waals surface area contributed by atoms with Gasteiger partial charge in [0, 0.05) is 18.5 Å². The fourth-order valence-electron chi connectivity index (χ4n) is 1.91. The Balaban J connectivity index is 2.88. The fourth-order valence-corrected chi connectivity index (χ4v) is 3.57. The Morgan fingerprint density at radius 1 is 1.23 bits per heavy atom. The molecular weight excluding hydrogens is 302 g/mol. The van der Waals surface area contributed by atoms with Crippen molar-refractivity contribution in [3.8, 4) is 0 Å².